The summed E-state index contributed by atoms with van der Waals surface area (Å²) in [7, 11) is 0. The summed E-state index contributed by atoms with van der Waals surface area (Å²) in [5.41, 5.74) is 2.23. The zero-order valence-corrected chi connectivity index (χ0v) is 14.3. The first kappa shape index (κ1) is 15.3. The molecule has 0 bridgehead atoms. The molecule has 0 radical (unpaired) electrons. The molecular weight excluding hydrogens is 328 g/mol. The maximum absolute atomic E-state index is 10.0. The third kappa shape index (κ3) is 3.43. The number of aliphatic hydroxyl groups excluding tert-OH is 1. The molecule has 0 amide bonds. The number of hydrogen-bond acceptors (Lipinski definition) is 3. The number of piperidine rings is 1. The van der Waals surface area contributed by atoms with E-state index >= 15 is 0 Å². The van der Waals surface area contributed by atoms with E-state index in [0.29, 0.717) is 6.04 Å². The standard InChI is InChI=1S/C17H25BrN2O/c1-13(21)16-6-5-14(18)11-17(16)20-10-7-15(12-20)19-8-3-2-4-9-19/h5-6,11,13,15,21H,2-4,7-10,12H2,1H3. The SMILES string of the molecule is CC(O)c1ccc(Br)cc1N1CCC(N2CCCCC2)C1. The van der Waals surface area contributed by atoms with Gasteiger partial charge >= 0.3 is 0 Å². The van der Waals surface area contributed by atoms with Crippen LogP contribution in [0.4, 0.5) is 5.69 Å². The lowest BCUT2D eigenvalue weighted by molar-refractivity contribution is 0.174. The highest BCUT2D eigenvalue weighted by Gasteiger charge is 2.29. The Morgan fingerprint density at radius 2 is 1.95 bits per heavy atom. The summed E-state index contributed by atoms with van der Waals surface area (Å²) in [4.78, 5) is 5.12. The van der Waals surface area contributed by atoms with Gasteiger partial charge in [-0.15, -0.1) is 0 Å². The second-order valence-corrected chi connectivity index (χ2v) is 7.28. The van der Waals surface area contributed by atoms with Crippen LogP contribution < -0.4 is 4.90 Å². The van der Waals surface area contributed by atoms with Crippen LogP contribution in [0.5, 0.6) is 0 Å². The van der Waals surface area contributed by atoms with Gasteiger partial charge in [0.15, 0.2) is 0 Å². The van der Waals surface area contributed by atoms with E-state index in [1.807, 2.05) is 19.1 Å². The van der Waals surface area contributed by atoms with Crippen molar-refractivity contribution in [2.75, 3.05) is 31.1 Å². The molecule has 3 nitrogen and oxygen atoms in total. The fraction of sp³-hybridized carbons (Fsp3) is 0.647. The molecule has 3 rings (SSSR count). The summed E-state index contributed by atoms with van der Waals surface area (Å²) in [6.07, 6.45) is 4.93. The summed E-state index contributed by atoms with van der Waals surface area (Å²) in [6, 6.07) is 6.90. The molecule has 21 heavy (non-hydrogen) atoms. The quantitative estimate of drug-likeness (QED) is 0.900. The van der Waals surface area contributed by atoms with Crippen LogP contribution in [-0.2, 0) is 0 Å². The zero-order valence-electron chi connectivity index (χ0n) is 12.8. The van der Waals surface area contributed by atoms with E-state index in [-0.39, 0.29) is 0 Å². The van der Waals surface area contributed by atoms with Gasteiger partial charge in [0.1, 0.15) is 0 Å². The molecule has 0 aromatic heterocycles. The number of rotatable bonds is 3. The molecule has 116 valence electrons. The van der Waals surface area contributed by atoms with Crippen LogP contribution >= 0.6 is 15.9 Å². The molecule has 2 heterocycles. The Morgan fingerprint density at radius 1 is 1.19 bits per heavy atom. The number of aliphatic hydroxyl groups is 1. The van der Waals surface area contributed by atoms with Crippen molar-refractivity contribution >= 4 is 21.6 Å². The highest BCUT2D eigenvalue weighted by Crippen LogP contribution is 2.33. The minimum atomic E-state index is -0.415. The minimum Gasteiger partial charge on any atom is -0.389 e. The molecule has 0 aliphatic carbocycles. The predicted molar refractivity (Wildman–Crippen MR) is 90.8 cm³/mol. The lowest BCUT2D eigenvalue weighted by Gasteiger charge is -2.32. The van der Waals surface area contributed by atoms with Crippen LogP contribution in [-0.4, -0.2) is 42.2 Å². The van der Waals surface area contributed by atoms with Crippen LogP contribution in [0.15, 0.2) is 22.7 Å². The van der Waals surface area contributed by atoms with Crippen LogP contribution in [0.1, 0.15) is 44.3 Å². The monoisotopic (exact) mass is 352 g/mol. The summed E-state index contributed by atoms with van der Waals surface area (Å²) in [5, 5.41) is 10.0. The van der Waals surface area contributed by atoms with Gasteiger partial charge in [-0.25, -0.2) is 0 Å². The average molecular weight is 353 g/mol. The Hall–Kier alpha value is -0.580. The Bertz CT molecular complexity index is 486. The molecule has 2 saturated heterocycles. The molecule has 4 heteroatoms. The lowest BCUT2D eigenvalue weighted by Crippen LogP contribution is -2.41. The van der Waals surface area contributed by atoms with Crippen molar-refractivity contribution in [2.24, 2.45) is 0 Å². The second kappa shape index (κ2) is 6.67. The summed E-state index contributed by atoms with van der Waals surface area (Å²) < 4.78 is 1.09. The first-order chi connectivity index (χ1) is 10.1. The third-order valence-electron chi connectivity index (χ3n) is 4.85. The van der Waals surface area contributed by atoms with Crippen molar-refractivity contribution in [2.45, 2.75) is 44.8 Å². The molecular formula is C17H25BrN2O. The van der Waals surface area contributed by atoms with Crippen molar-refractivity contribution in [3.63, 3.8) is 0 Å². The summed E-state index contributed by atoms with van der Waals surface area (Å²) in [6.45, 7) is 6.57. The first-order valence-electron chi connectivity index (χ1n) is 8.11. The first-order valence-corrected chi connectivity index (χ1v) is 8.91. The Balaban J connectivity index is 1.75. The number of likely N-dealkylation sites (tertiary alicyclic amines) is 1. The van der Waals surface area contributed by atoms with Crippen LogP contribution in [0.25, 0.3) is 0 Å². The number of benzene rings is 1. The number of anilines is 1. The van der Waals surface area contributed by atoms with E-state index in [2.05, 4.69) is 31.8 Å². The topological polar surface area (TPSA) is 26.7 Å². The van der Waals surface area contributed by atoms with Gasteiger partial charge in [-0.3, -0.25) is 4.90 Å². The van der Waals surface area contributed by atoms with Crippen LogP contribution in [0.3, 0.4) is 0 Å². The van der Waals surface area contributed by atoms with Gasteiger partial charge in [0, 0.05) is 34.9 Å². The van der Waals surface area contributed by atoms with Crippen LogP contribution in [0, 0.1) is 0 Å². The van der Waals surface area contributed by atoms with E-state index in [4.69, 9.17) is 0 Å². The van der Waals surface area contributed by atoms with Gasteiger partial charge in [0.2, 0.25) is 0 Å². The van der Waals surface area contributed by atoms with Crippen molar-refractivity contribution in [1.29, 1.82) is 0 Å². The van der Waals surface area contributed by atoms with Gasteiger partial charge in [-0.2, -0.15) is 0 Å². The highest BCUT2D eigenvalue weighted by atomic mass is 79.9. The van der Waals surface area contributed by atoms with Crippen molar-refractivity contribution in [1.82, 2.24) is 4.90 Å². The normalized spacial score (nSPS) is 25.3. The third-order valence-corrected chi connectivity index (χ3v) is 5.35. The molecule has 2 atom stereocenters. The van der Waals surface area contributed by atoms with E-state index in [1.54, 1.807) is 0 Å². The van der Waals surface area contributed by atoms with Gasteiger partial charge in [0.25, 0.3) is 0 Å². The maximum Gasteiger partial charge on any atom is 0.0782 e. The Kier molecular flexibility index (Phi) is 4.87. The summed E-state index contributed by atoms with van der Waals surface area (Å²) in [5.74, 6) is 0. The van der Waals surface area contributed by atoms with Gasteiger partial charge in [-0.05, 0) is 51.4 Å². The van der Waals surface area contributed by atoms with Crippen molar-refractivity contribution in [3.05, 3.63) is 28.2 Å². The smallest absolute Gasteiger partial charge is 0.0782 e. The molecule has 1 aromatic carbocycles. The Labute approximate surface area is 136 Å². The van der Waals surface area contributed by atoms with E-state index < -0.39 is 6.10 Å². The van der Waals surface area contributed by atoms with E-state index in [0.717, 1.165) is 23.1 Å². The number of halogens is 1. The molecule has 2 aliphatic rings. The van der Waals surface area contributed by atoms with E-state index in [9.17, 15) is 5.11 Å². The fourth-order valence-electron chi connectivity index (χ4n) is 3.69. The molecule has 0 spiro atoms. The molecule has 1 aromatic rings. The number of nitrogens with zero attached hydrogens (tertiary/aromatic N) is 2. The molecule has 2 fully saturated rings. The minimum absolute atomic E-state index is 0.415. The Morgan fingerprint density at radius 3 is 2.67 bits per heavy atom. The molecule has 2 aliphatic heterocycles. The fourth-order valence-corrected chi connectivity index (χ4v) is 4.04. The predicted octanol–water partition coefficient (Wildman–Crippen LogP) is 3.57. The average Bonchev–Trinajstić information content (AvgIpc) is 2.97. The van der Waals surface area contributed by atoms with Gasteiger partial charge < -0.3 is 10.0 Å². The van der Waals surface area contributed by atoms with Crippen LogP contribution in [0.2, 0.25) is 0 Å². The lowest BCUT2D eigenvalue weighted by atomic mass is 10.1. The zero-order chi connectivity index (χ0) is 14.8. The maximum atomic E-state index is 10.0. The van der Waals surface area contributed by atoms with Crippen molar-refractivity contribution in [3.8, 4) is 0 Å². The largest absolute Gasteiger partial charge is 0.389 e. The summed E-state index contributed by atoms with van der Waals surface area (Å²) >= 11 is 3.57. The van der Waals surface area contributed by atoms with Gasteiger partial charge in [-0.1, -0.05) is 28.4 Å². The molecule has 1 N–H and O–H groups in total. The van der Waals surface area contributed by atoms with Crippen molar-refractivity contribution < 1.29 is 5.11 Å². The second-order valence-electron chi connectivity index (χ2n) is 6.36. The highest BCUT2D eigenvalue weighted by molar-refractivity contribution is 9.10. The molecule has 0 saturated carbocycles. The number of hydrogen-bond donors (Lipinski definition) is 1. The van der Waals surface area contributed by atoms with Gasteiger partial charge in [0.05, 0.1) is 6.10 Å². The van der Waals surface area contributed by atoms with E-state index in [1.165, 1.54) is 44.5 Å². The molecule has 2 unspecified atom stereocenters.